The van der Waals surface area contributed by atoms with Gasteiger partial charge in [0.05, 0.1) is 0 Å². The van der Waals surface area contributed by atoms with Crippen molar-refractivity contribution in [2.24, 2.45) is 50.7 Å². The van der Waals surface area contributed by atoms with Gasteiger partial charge in [0.1, 0.15) is 0 Å². The monoisotopic (exact) mass is 772 g/mol. The Balaban J connectivity index is 0.000000193. The van der Waals surface area contributed by atoms with Gasteiger partial charge in [-0.3, -0.25) is 0 Å². The van der Waals surface area contributed by atoms with E-state index < -0.39 is 0 Å². The number of rotatable bonds is 1. The van der Waals surface area contributed by atoms with E-state index >= 15 is 0 Å². The van der Waals surface area contributed by atoms with E-state index in [-0.39, 0.29) is 46.5 Å². The molecule has 0 saturated heterocycles. The molecule has 10 rings (SSSR count). The van der Waals surface area contributed by atoms with E-state index in [0.717, 1.165) is 29.6 Å². The summed E-state index contributed by atoms with van der Waals surface area (Å²) < 4.78 is 1.83. The summed E-state index contributed by atoms with van der Waals surface area (Å²) in [6.07, 6.45) is 18.0. The summed E-state index contributed by atoms with van der Waals surface area (Å²) in [6, 6.07) is 19.2. The average Bonchev–Trinajstić information content (AvgIpc) is 3.72. The van der Waals surface area contributed by atoms with Crippen molar-refractivity contribution in [3.63, 3.8) is 0 Å². The van der Waals surface area contributed by atoms with Crippen LogP contribution in [-0.4, -0.2) is 3.21 Å². The minimum atomic E-state index is 0. The maximum absolute atomic E-state index is 2.62. The molecule has 0 radical (unpaired) electrons. The Morgan fingerprint density at radius 2 is 1.39 bits per heavy atom. The maximum Gasteiger partial charge on any atom is -0.172 e. The summed E-state index contributed by atoms with van der Waals surface area (Å²) in [5.74, 6) is 5.62. The second-order valence-electron chi connectivity index (χ2n) is 18.5. The molecule has 2 unspecified atom stereocenters. The largest absolute Gasteiger partial charge is 1.00 e. The summed E-state index contributed by atoms with van der Waals surface area (Å²) in [6.45, 7) is 22.7. The first-order valence-electron chi connectivity index (χ1n) is 19.0. The molecule has 0 N–H and O–H groups in total. The molecule has 0 amide bonds. The standard InChI is InChI=1S/C29H37.C12H18.C5H5.2ClH.Zr/c1-18-25-22-17-19-13-9-10-14-20(19)24(22)21-15-11-12-16-23(21)29(25,8)28(6,7)27(4,5)26(18,2)3;1-2-12-6-9-3-10(7-12)5-11(4-9)8-12;1-2-4-5-3-1;;;/h9-11,13-15,23H,12,16-17H2,1-8H3;9-11H,3-8H2,1H3;1-5H;2*1H;/q-1;;-1;;;+2/p-2. The van der Waals surface area contributed by atoms with Gasteiger partial charge in [-0.1, -0.05) is 113 Å². The van der Waals surface area contributed by atoms with Gasteiger partial charge in [0.25, 0.3) is 0 Å². The molecule has 5 saturated carbocycles. The van der Waals surface area contributed by atoms with Crippen molar-refractivity contribution in [2.45, 2.75) is 120 Å². The molecule has 0 spiro atoms. The Morgan fingerprint density at radius 3 is 1.92 bits per heavy atom. The van der Waals surface area contributed by atoms with Gasteiger partial charge in [-0.05, 0) is 40.6 Å². The number of hydrogen-bond acceptors (Lipinski definition) is 0. The van der Waals surface area contributed by atoms with E-state index in [4.69, 9.17) is 0 Å². The molecule has 2 aromatic rings. The van der Waals surface area contributed by atoms with Crippen LogP contribution in [0.2, 0.25) is 0 Å². The average molecular weight is 775 g/mol. The van der Waals surface area contributed by atoms with E-state index in [1.807, 2.05) is 33.5 Å². The second-order valence-corrected chi connectivity index (χ2v) is 20.4. The molecular weight excluding hydrogens is 715 g/mol. The zero-order chi connectivity index (χ0) is 33.6. The molecule has 5 fully saturated rings. The Kier molecular flexibility index (Phi) is 11.0. The van der Waals surface area contributed by atoms with Crippen LogP contribution in [0, 0.1) is 56.7 Å². The minimum absolute atomic E-state index is 0. The van der Waals surface area contributed by atoms with Crippen molar-refractivity contribution in [3.8, 4) is 0 Å². The van der Waals surface area contributed by atoms with Crippen LogP contribution < -0.4 is 24.8 Å². The van der Waals surface area contributed by atoms with Crippen LogP contribution >= 0.6 is 0 Å². The first-order valence-corrected chi connectivity index (χ1v) is 20.2. The molecule has 0 aromatic heterocycles. The number of halogens is 2. The first kappa shape index (κ1) is 39.2. The number of allylic oxidation sites excluding steroid dienone is 6. The van der Waals surface area contributed by atoms with E-state index in [0.29, 0.717) is 5.92 Å². The van der Waals surface area contributed by atoms with E-state index in [2.05, 4.69) is 98.7 Å². The van der Waals surface area contributed by atoms with Gasteiger partial charge in [0.2, 0.25) is 0 Å². The molecule has 4 bridgehead atoms. The Labute approximate surface area is 327 Å². The van der Waals surface area contributed by atoms with Crippen molar-refractivity contribution in [1.82, 2.24) is 0 Å². The van der Waals surface area contributed by atoms with Gasteiger partial charge in [-0.2, -0.15) is 29.3 Å². The normalized spacial score (nSPS) is 34.5. The predicted octanol–water partition coefficient (Wildman–Crippen LogP) is 6.32. The predicted molar refractivity (Wildman–Crippen MR) is 198 cm³/mol. The molecule has 0 heterocycles. The summed E-state index contributed by atoms with van der Waals surface area (Å²) >= 11 is 1.71. The SMILES string of the molecule is C[C-]1C2=C3Cc4ccccc4C3=C3C=CCCC3C2(C)C(C)(C)C(C)(C)C1(C)C.C[C](=[Zr+2])C12CC3CC(CC(C3)C1)C2.[Cl-].[Cl-].c1cc[cH-]c1. The Bertz CT molecular complexity index is 1580. The Morgan fingerprint density at radius 1 is 0.816 bits per heavy atom. The van der Waals surface area contributed by atoms with Gasteiger partial charge in [0.15, 0.2) is 0 Å². The van der Waals surface area contributed by atoms with Crippen molar-refractivity contribution >= 4 is 8.78 Å². The summed E-state index contributed by atoms with van der Waals surface area (Å²) in [5.41, 5.74) is 11.1. The smallest absolute Gasteiger partial charge is 0.172 e. The fourth-order valence-electron chi connectivity index (χ4n) is 12.5. The molecule has 264 valence electrons. The third kappa shape index (κ3) is 5.81. The summed E-state index contributed by atoms with van der Waals surface area (Å²) in [7, 11) is 0. The van der Waals surface area contributed by atoms with Crippen molar-refractivity contribution in [1.29, 1.82) is 0 Å². The van der Waals surface area contributed by atoms with Crippen LogP contribution in [0.15, 0.2) is 83.5 Å². The second kappa shape index (κ2) is 13.8. The molecule has 2 atom stereocenters. The fraction of sp³-hybridized carbons (Fsp3) is 0.587. The van der Waals surface area contributed by atoms with Gasteiger partial charge >= 0.3 is 96.1 Å². The topological polar surface area (TPSA) is 0 Å². The Hall–Kier alpha value is -1.01. The van der Waals surface area contributed by atoms with Gasteiger partial charge in [-0.15, -0.1) is 6.92 Å². The van der Waals surface area contributed by atoms with Crippen LogP contribution in [-0.2, 0) is 30.7 Å². The molecule has 8 aliphatic carbocycles. The molecule has 0 nitrogen and oxygen atoms in total. The number of fused-ring (bicyclic) bond motifs is 6. The summed E-state index contributed by atoms with van der Waals surface area (Å²) in [4.78, 5) is 0. The van der Waals surface area contributed by atoms with E-state index in [9.17, 15) is 0 Å². The quantitative estimate of drug-likeness (QED) is 0.298. The number of hydrogen-bond donors (Lipinski definition) is 0. The molecule has 0 aliphatic heterocycles. The van der Waals surface area contributed by atoms with Gasteiger partial charge in [0, 0.05) is 0 Å². The molecule has 49 heavy (non-hydrogen) atoms. The van der Waals surface area contributed by atoms with Crippen LogP contribution in [0.5, 0.6) is 0 Å². The third-order valence-corrected chi connectivity index (χ3v) is 17.5. The fourth-order valence-corrected chi connectivity index (χ4v) is 13.2. The van der Waals surface area contributed by atoms with Crippen LogP contribution in [0.4, 0.5) is 0 Å². The van der Waals surface area contributed by atoms with Crippen molar-refractivity contribution in [2.75, 3.05) is 0 Å². The van der Waals surface area contributed by atoms with Crippen LogP contribution in [0.3, 0.4) is 0 Å². The van der Waals surface area contributed by atoms with Gasteiger partial charge in [-0.25, -0.2) is 18.1 Å². The summed E-state index contributed by atoms with van der Waals surface area (Å²) in [5, 5.41) is 0. The number of benzene rings is 1. The molecule has 2 aromatic carbocycles. The third-order valence-electron chi connectivity index (χ3n) is 16.2. The van der Waals surface area contributed by atoms with Gasteiger partial charge < -0.3 is 24.8 Å². The minimum Gasteiger partial charge on any atom is -1.00 e. The molecule has 8 aliphatic rings. The van der Waals surface area contributed by atoms with Crippen molar-refractivity contribution in [3.05, 3.63) is 101 Å². The first-order chi connectivity index (χ1) is 22.2. The zero-order valence-electron chi connectivity index (χ0n) is 31.8. The zero-order valence-corrected chi connectivity index (χ0v) is 35.8. The van der Waals surface area contributed by atoms with Crippen LogP contribution in [0.1, 0.15) is 125 Å². The van der Waals surface area contributed by atoms with E-state index in [1.165, 1.54) is 24.0 Å². The maximum atomic E-state index is 2.62. The van der Waals surface area contributed by atoms with E-state index in [1.54, 1.807) is 91.0 Å². The van der Waals surface area contributed by atoms with Crippen molar-refractivity contribution < 1.29 is 49.0 Å². The van der Waals surface area contributed by atoms with Crippen LogP contribution in [0.25, 0.3) is 5.57 Å². The molecule has 3 heteroatoms. The molecular formula is C46H60Cl2Zr-2.